The molecule has 0 unspecified atom stereocenters. The topological polar surface area (TPSA) is 81.3 Å². The third-order valence-corrected chi connectivity index (χ3v) is 4.01. The summed E-state index contributed by atoms with van der Waals surface area (Å²) in [4.78, 5) is 8.60. The second-order valence-corrected chi connectivity index (χ2v) is 5.65. The number of phenols is 1. The van der Waals surface area contributed by atoms with Crippen molar-refractivity contribution < 1.29 is 9.84 Å². The molecule has 0 saturated heterocycles. The molecule has 1 aromatic heterocycles. The largest absolute Gasteiger partial charge is 0.507 e. The van der Waals surface area contributed by atoms with Gasteiger partial charge in [-0.15, -0.1) is 0 Å². The molecule has 0 atom stereocenters. The van der Waals surface area contributed by atoms with Gasteiger partial charge in [0.05, 0.1) is 18.5 Å². The smallest absolute Gasteiger partial charge is 0.221 e. The normalized spacial score (nSPS) is 10.6. The van der Waals surface area contributed by atoms with Crippen LogP contribution in [-0.4, -0.2) is 22.2 Å². The molecule has 0 fully saturated rings. The first-order valence-electron chi connectivity index (χ1n) is 7.58. The monoisotopic (exact) mass is 321 g/mol. The van der Waals surface area contributed by atoms with E-state index in [2.05, 4.69) is 9.97 Å². The number of anilines is 1. The Morgan fingerprint density at radius 3 is 2.25 bits per heavy atom. The number of aromatic hydroxyl groups is 1. The number of phenolic OH excluding ortho intramolecular Hbond substituents is 1. The van der Waals surface area contributed by atoms with E-state index in [1.165, 1.54) is 0 Å². The van der Waals surface area contributed by atoms with E-state index in [0.717, 1.165) is 16.7 Å². The van der Waals surface area contributed by atoms with Crippen LogP contribution in [0.25, 0.3) is 22.5 Å². The quantitative estimate of drug-likeness (QED) is 0.768. The van der Waals surface area contributed by atoms with E-state index in [1.54, 1.807) is 19.2 Å². The first-order chi connectivity index (χ1) is 11.5. The molecule has 3 rings (SSSR count). The van der Waals surface area contributed by atoms with Crippen LogP contribution in [0.1, 0.15) is 11.1 Å². The third kappa shape index (κ3) is 2.88. The number of nitrogens with zero attached hydrogens (tertiary/aromatic N) is 2. The van der Waals surface area contributed by atoms with Gasteiger partial charge in [0.1, 0.15) is 11.5 Å². The van der Waals surface area contributed by atoms with Gasteiger partial charge < -0.3 is 15.6 Å². The maximum absolute atomic E-state index is 10.3. The Kier molecular flexibility index (Phi) is 4.08. The molecule has 0 amide bonds. The van der Waals surface area contributed by atoms with Crippen LogP contribution in [0.5, 0.6) is 11.5 Å². The zero-order valence-corrected chi connectivity index (χ0v) is 13.9. The molecule has 3 N–H and O–H groups in total. The van der Waals surface area contributed by atoms with Crippen LogP contribution >= 0.6 is 0 Å². The molecule has 0 aliphatic carbocycles. The van der Waals surface area contributed by atoms with Gasteiger partial charge in [-0.2, -0.15) is 0 Å². The Hall–Kier alpha value is -3.08. The van der Waals surface area contributed by atoms with Gasteiger partial charge in [0, 0.05) is 11.1 Å². The number of nitrogen functional groups attached to an aromatic ring is 1. The molecule has 1 heterocycles. The first kappa shape index (κ1) is 15.8. The van der Waals surface area contributed by atoms with E-state index in [4.69, 9.17) is 10.5 Å². The number of aryl methyl sites for hydroxylation is 2. The number of para-hydroxylation sites is 1. The van der Waals surface area contributed by atoms with Crippen molar-refractivity contribution >= 4 is 5.95 Å². The summed E-state index contributed by atoms with van der Waals surface area (Å²) >= 11 is 0. The third-order valence-electron chi connectivity index (χ3n) is 4.01. The molecule has 122 valence electrons. The van der Waals surface area contributed by atoms with Gasteiger partial charge >= 0.3 is 0 Å². The second kappa shape index (κ2) is 6.20. The highest BCUT2D eigenvalue weighted by Crippen LogP contribution is 2.34. The highest BCUT2D eigenvalue weighted by atomic mass is 16.5. The molecule has 0 saturated carbocycles. The van der Waals surface area contributed by atoms with Gasteiger partial charge in [0.15, 0.2) is 0 Å². The lowest BCUT2D eigenvalue weighted by molar-refractivity contribution is 0.416. The zero-order chi connectivity index (χ0) is 17.3. The molecule has 0 radical (unpaired) electrons. The van der Waals surface area contributed by atoms with Crippen LogP contribution in [0.15, 0.2) is 42.5 Å². The molecule has 3 aromatic rings. The van der Waals surface area contributed by atoms with Crippen LogP contribution in [0, 0.1) is 13.8 Å². The number of rotatable bonds is 3. The number of hydrogen-bond donors (Lipinski definition) is 2. The van der Waals surface area contributed by atoms with Gasteiger partial charge in [-0.05, 0) is 55.3 Å². The zero-order valence-electron chi connectivity index (χ0n) is 13.9. The minimum atomic E-state index is 0.144. The summed E-state index contributed by atoms with van der Waals surface area (Å²) in [6, 6.07) is 13.0. The molecule has 0 spiro atoms. The lowest BCUT2D eigenvalue weighted by atomic mass is 10.0. The van der Waals surface area contributed by atoms with Gasteiger partial charge in [0.25, 0.3) is 0 Å². The number of aromatic nitrogens is 2. The summed E-state index contributed by atoms with van der Waals surface area (Å²) in [6.07, 6.45) is 0. The van der Waals surface area contributed by atoms with Crippen molar-refractivity contribution in [2.75, 3.05) is 12.8 Å². The lowest BCUT2D eigenvalue weighted by Crippen LogP contribution is -2.00. The lowest BCUT2D eigenvalue weighted by Gasteiger charge is -2.12. The summed E-state index contributed by atoms with van der Waals surface area (Å²) in [5.74, 6) is 1.01. The second-order valence-electron chi connectivity index (χ2n) is 5.65. The predicted octanol–water partition coefficient (Wildman–Crippen LogP) is 3.72. The molecule has 0 aliphatic rings. The molecule has 5 heteroatoms. The maximum Gasteiger partial charge on any atom is 0.221 e. The van der Waals surface area contributed by atoms with Crippen molar-refractivity contribution in [1.82, 2.24) is 9.97 Å². The summed E-state index contributed by atoms with van der Waals surface area (Å²) in [5.41, 5.74) is 10.6. The van der Waals surface area contributed by atoms with Crippen molar-refractivity contribution in [3.05, 3.63) is 53.6 Å². The Balaban J connectivity index is 2.19. The Morgan fingerprint density at radius 2 is 1.54 bits per heavy atom. The van der Waals surface area contributed by atoms with E-state index >= 15 is 0 Å². The van der Waals surface area contributed by atoms with Crippen molar-refractivity contribution in [2.24, 2.45) is 0 Å². The van der Waals surface area contributed by atoms with Gasteiger partial charge in [0.2, 0.25) is 5.95 Å². The molecule has 0 bridgehead atoms. The summed E-state index contributed by atoms with van der Waals surface area (Å²) in [6.45, 7) is 3.94. The molecule has 0 aliphatic heterocycles. The molecular formula is C19H19N3O2. The van der Waals surface area contributed by atoms with Crippen molar-refractivity contribution in [3.63, 3.8) is 0 Å². The fraction of sp³-hybridized carbons (Fsp3) is 0.158. The van der Waals surface area contributed by atoms with E-state index in [0.29, 0.717) is 22.7 Å². The van der Waals surface area contributed by atoms with Crippen LogP contribution in [0.3, 0.4) is 0 Å². The van der Waals surface area contributed by atoms with Gasteiger partial charge in [-0.1, -0.05) is 12.1 Å². The summed E-state index contributed by atoms with van der Waals surface area (Å²) < 4.78 is 5.39. The minimum Gasteiger partial charge on any atom is -0.507 e. The van der Waals surface area contributed by atoms with Crippen LogP contribution in [0.2, 0.25) is 0 Å². The SMILES string of the molecule is COc1ccccc1-c1cc(-c2cc(C)c(C)cc2O)nc(N)n1. The first-order valence-corrected chi connectivity index (χ1v) is 7.58. The van der Waals surface area contributed by atoms with Crippen molar-refractivity contribution in [1.29, 1.82) is 0 Å². The average molecular weight is 321 g/mol. The highest BCUT2D eigenvalue weighted by Gasteiger charge is 2.14. The fourth-order valence-electron chi connectivity index (χ4n) is 2.60. The Bertz CT molecular complexity index is 907. The number of methoxy groups -OCH3 is 1. The maximum atomic E-state index is 10.3. The predicted molar refractivity (Wildman–Crippen MR) is 95.0 cm³/mol. The standard InChI is InChI=1S/C19H19N3O2/c1-11-8-14(17(23)9-12(11)2)16-10-15(21-19(20)22-16)13-6-4-5-7-18(13)24-3/h4-10,23H,1-3H3,(H2,20,21,22). The summed E-state index contributed by atoms with van der Waals surface area (Å²) in [5, 5.41) is 10.3. The summed E-state index contributed by atoms with van der Waals surface area (Å²) in [7, 11) is 1.61. The van der Waals surface area contributed by atoms with Crippen molar-refractivity contribution in [3.8, 4) is 34.0 Å². The molecule has 5 nitrogen and oxygen atoms in total. The molecule has 2 aromatic carbocycles. The van der Waals surface area contributed by atoms with E-state index in [-0.39, 0.29) is 11.7 Å². The fourth-order valence-corrected chi connectivity index (χ4v) is 2.60. The number of nitrogens with two attached hydrogens (primary N) is 1. The molecular weight excluding hydrogens is 302 g/mol. The highest BCUT2D eigenvalue weighted by molar-refractivity contribution is 5.76. The number of hydrogen-bond acceptors (Lipinski definition) is 5. The van der Waals surface area contributed by atoms with E-state index in [9.17, 15) is 5.11 Å². The number of benzene rings is 2. The Morgan fingerprint density at radius 1 is 0.917 bits per heavy atom. The van der Waals surface area contributed by atoms with E-state index < -0.39 is 0 Å². The van der Waals surface area contributed by atoms with Crippen LogP contribution in [0.4, 0.5) is 5.95 Å². The van der Waals surface area contributed by atoms with Gasteiger partial charge in [-0.25, -0.2) is 9.97 Å². The van der Waals surface area contributed by atoms with Crippen LogP contribution in [-0.2, 0) is 0 Å². The van der Waals surface area contributed by atoms with Gasteiger partial charge in [-0.3, -0.25) is 0 Å². The minimum absolute atomic E-state index is 0.144. The Labute approximate surface area is 140 Å². The molecule has 24 heavy (non-hydrogen) atoms. The van der Waals surface area contributed by atoms with Crippen molar-refractivity contribution in [2.45, 2.75) is 13.8 Å². The van der Waals surface area contributed by atoms with E-state index in [1.807, 2.05) is 44.2 Å². The average Bonchev–Trinajstić information content (AvgIpc) is 2.57. The van der Waals surface area contributed by atoms with Crippen LogP contribution < -0.4 is 10.5 Å². The number of ether oxygens (including phenoxy) is 1.